The molecule has 11 heavy (non-hydrogen) atoms. The summed E-state index contributed by atoms with van der Waals surface area (Å²) in [7, 11) is 0. The third-order valence-corrected chi connectivity index (χ3v) is 1.40. The molecule has 60 valence electrons. The molecule has 3 nitrogen and oxygen atoms in total. The third kappa shape index (κ3) is 2.04. The normalized spacial score (nSPS) is 9.73. The Morgan fingerprint density at radius 3 is 2.36 bits per heavy atom. The highest BCUT2D eigenvalue weighted by molar-refractivity contribution is 6.30. The molecule has 0 aliphatic rings. The number of anilines is 1. The van der Waals surface area contributed by atoms with Crippen molar-refractivity contribution in [3.63, 3.8) is 0 Å². The molecular formula is C6H6ClFN2O. The first-order valence-electron chi connectivity index (χ1n) is 2.85. The molecule has 1 aromatic rings. The number of hydrogen-bond acceptors (Lipinski definition) is 3. The van der Waals surface area contributed by atoms with Crippen molar-refractivity contribution in [2.45, 2.75) is 0 Å². The lowest BCUT2D eigenvalue weighted by Gasteiger charge is -2.10. The Labute approximate surface area is 67.9 Å². The number of nitrogens with one attached hydrogen (secondary N) is 1. The van der Waals surface area contributed by atoms with Crippen LogP contribution in [0.3, 0.4) is 0 Å². The predicted octanol–water partition coefficient (Wildman–Crippen LogP) is 1.92. The van der Waals surface area contributed by atoms with Crippen molar-refractivity contribution in [3.8, 4) is 0 Å². The molecule has 2 N–H and O–H groups in total. The highest BCUT2D eigenvalue weighted by Gasteiger charge is 1.99. The zero-order chi connectivity index (χ0) is 8.27. The molecule has 1 aromatic carbocycles. The van der Waals surface area contributed by atoms with Gasteiger partial charge in [-0.3, -0.25) is 5.21 Å². The standard InChI is InChI=1S/C6H6ClFN2O/c7-5-1-3-6(4-2-5)10(11)9-8/h1-4,9,11H. The maximum atomic E-state index is 11.6. The van der Waals surface area contributed by atoms with Crippen LogP contribution in [0.25, 0.3) is 0 Å². The molecule has 0 heterocycles. The van der Waals surface area contributed by atoms with Gasteiger partial charge >= 0.3 is 0 Å². The summed E-state index contributed by atoms with van der Waals surface area (Å²) in [6, 6.07) is 6.01. The molecule has 0 amide bonds. The zero-order valence-corrected chi connectivity index (χ0v) is 6.22. The van der Waals surface area contributed by atoms with Crippen LogP contribution in [0.4, 0.5) is 10.2 Å². The van der Waals surface area contributed by atoms with E-state index in [1.54, 1.807) is 0 Å². The summed E-state index contributed by atoms with van der Waals surface area (Å²) in [6.45, 7) is 0. The van der Waals surface area contributed by atoms with Crippen molar-refractivity contribution in [2.75, 3.05) is 5.17 Å². The fourth-order valence-corrected chi connectivity index (χ4v) is 0.757. The average Bonchev–Trinajstić information content (AvgIpc) is 2.05. The lowest BCUT2D eigenvalue weighted by molar-refractivity contribution is 0.127. The van der Waals surface area contributed by atoms with E-state index >= 15 is 0 Å². The van der Waals surface area contributed by atoms with Crippen LogP contribution in [0.5, 0.6) is 0 Å². The van der Waals surface area contributed by atoms with Crippen LogP contribution in [0.1, 0.15) is 0 Å². The molecule has 0 aromatic heterocycles. The zero-order valence-electron chi connectivity index (χ0n) is 5.46. The minimum absolute atomic E-state index is 0.246. The Hall–Kier alpha value is -0.840. The molecule has 0 radical (unpaired) electrons. The lowest BCUT2D eigenvalue weighted by Crippen LogP contribution is -2.27. The van der Waals surface area contributed by atoms with Crippen LogP contribution in [0.2, 0.25) is 5.02 Å². The molecule has 0 aliphatic carbocycles. The van der Waals surface area contributed by atoms with Crippen molar-refractivity contribution < 1.29 is 9.69 Å². The van der Waals surface area contributed by atoms with Gasteiger partial charge in [-0.1, -0.05) is 11.6 Å². The van der Waals surface area contributed by atoms with Gasteiger partial charge in [0.05, 0.1) is 5.69 Å². The van der Waals surface area contributed by atoms with Gasteiger partial charge in [-0.05, 0) is 29.9 Å². The summed E-state index contributed by atoms with van der Waals surface area (Å²) < 4.78 is 11.6. The predicted molar refractivity (Wildman–Crippen MR) is 40.0 cm³/mol. The number of benzene rings is 1. The molecule has 0 saturated heterocycles. The van der Waals surface area contributed by atoms with Crippen molar-refractivity contribution in [1.82, 2.24) is 5.65 Å². The Bertz CT molecular complexity index is 229. The number of nitrogens with zero attached hydrogens (tertiary/aromatic N) is 1. The topological polar surface area (TPSA) is 35.5 Å². The Balaban J connectivity index is 2.81. The smallest absolute Gasteiger partial charge is 0.0848 e. The summed E-state index contributed by atoms with van der Waals surface area (Å²) in [5, 5.41) is 9.50. The Morgan fingerprint density at radius 2 is 1.91 bits per heavy atom. The van der Waals surface area contributed by atoms with Crippen LogP contribution in [-0.2, 0) is 0 Å². The fourth-order valence-electron chi connectivity index (χ4n) is 0.631. The van der Waals surface area contributed by atoms with E-state index in [0.29, 0.717) is 5.02 Å². The third-order valence-electron chi connectivity index (χ3n) is 1.15. The summed E-state index contributed by atoms with van der Waals surface area (Å²) in [5.41, 5.74) is 1.32. The van der Waals surface area contributed by atoms with Gasteiger partial charge in [0.1, 0.15) is 0 Å². The number of hydrazine groups is 1. The molecule has 0 fully saturated rings. The van der Waals surface area contributed by atoms with E-state index in [9.17, 15) is 4.48 Å². The first-order valence-corrected chi connectivity index (χ1v) is 3.22. The molecule has 0 bridgehead atoms. The van der Waals surface area contributed by atoms with Gasteiger partial charge in [0.2, 0.25) is 0 Å². The van der Waals surface area contributed by atoms with Crippen LogP contribution in [-0.4, -0.2) is 5.21 Å². The maximum absolute atomic E-state index is 11.6. The minimum Gasteiger partial charge on any atom is -0.271 e. The molecule has 5 heteroatoms. The molecule has 0 aliphatic heterocycles. The first kappa shape index (κ1) is 8.26. The second-order valence-corrected chi connectivity index (χ2v) is 2.31. The number of rotatable bonds is 2. The lowest BCUT2D eigenvalue weighted by atomic mass is 10.3. The minimum atomic E-state index is 0.246. The van der Waals surface area contributed by atoms with Crippen molar-refractivity contribution in [1.29, 1.82) is 0 Å². The van der Waals surface area contributed by atoms with Crippen molar-refractivity contribution in [2.24, 2.45) is 0 Å². The second kappa shape index (κ2) is 3.52. The van der Waals surface area contributed by atoms with Gasteiger partial charge in [0.25, 0.3) is 0 Å². The number of hydrogen-bond donors (Lipinski definition) is 2. The number of halogens is 2. The van der Waals surface area contributed by atoms with Gasteiger partial charge in [0.15, 0.2) is 0 Å². The van der Waals surface area contributed by atoms with Crippen molar-refractivity contribution in [3.05, 3.63) is 29.3 Å². The summed E-state index contributed by atoms with van der Waals surface area (Å²) in [6.07, 6.45) is 0. The van der Waals surface area contributed by atoms with Gasteiger partial charge in [-0.25, -0.2) is 0 Å². The van der Waals surface area contributed by atoms with Crippen LogP contribution < -0.4 is 10.8 Å². The maximum Gasteiger partial charge on any atom is 0.0848 e. The first-order chi connectivity index (χ1) is 5.24. The SMILES string of the molecule is ON(NF)c1ccc(Cl)cc1. The molecular weight excluding hydrogens is 171 g/mol. The van der Waals surface area contributed by atoms with Gasteiger partial charge < -0.3 is 0 Å². The molecule has 1 rings (SSSR count). The van der Waals surface area contributed by atoms with E-state index in [2.05, 4.69) is 0 Å². The van der Waals surface area contributed by atoms with E-state index in [4.69, 9.17) is 16.8 Å². The average molecular weight is 177 g/mol. The molecule has 0 saturated carbocycles. The van der Waals surface area contributed by atoms with E-state index in [1.165, 1.54) is 24.3 Å². The summed E-state index contributed by atoms with van der Waals surface area (Å²) in [5.74, 6) is 0. The molecule has 0 spiro atoms. The Kier molecular flexibility index (Phi) is 2.64. The van der Waals surface area contributed by atoms with Crippen molar-refractivity contribution >= 4 is 17.3 Å². The van der Waals surface area contributed by atoms with Crippen LogP contribution in [0.15, 0.2) is 24.3 Å². The highest BCUT2D eigenvalue weighted by atomic mass is 35.5. The summed E-state index contributed by atoms with van der Waals surface area (Å²) in [4.78, 5) is 0. The van der Waals surface area contributed by atoms with Gasteiger partial charge in [-0.2, -0.15) is 5.17 Å². The quantitative estimate of drug-likeness (QED) is 0.534. The Morgan fingerprint density at radius 1 is 1.36 bits per heavy atom. The monoisotopic (exact) mass is 176 g/mol. The molecule has 0 unspecified atom stereocenters. The van der Waals surface area contributed by atoms with Gasteiger partial charge in [0, 0.05) is 5.02 Å². The second-order valence-electron chi connectivity index (χ2n) is 1.87. The molecule has 0 atom stereocenters. The van der Waals surface area contributed by atoms with E-state index in [-0.39, 0.29) is 10.9 Å². The van der Waals surface area contributed by atoms with E-state index < -0.39 is 0 Å². The highest BCUT2D eigenvalue weighted by Crippen LogP contribution is 2.14. The van der Waals surface area contributed by atoms with Crippen LogP contribution in [0, 0.1) is 0 Å². The van der Waals surface area contributed by atoms with E-state index in [0.717, 1.165) is 5.65 Å². The largest absolute Gasteiger partial charge is 0.271 e. The van der Waals surface area contributed by atoms with Crippen LogP contribution >= 0.6 is 11.6 Å². The summed E-state index contributed by atoms with van der Waals surface area (Å²) >= 11 is 5.55. The van der Waals surface area contributed by atoms with Gasteiger partial charge in [-0.15, -0.1) is 4.48 Å². The van der Waals surface area contributed by atoms with E-state index in [1.807, 2.05) is 0 Å². The fraction of sp³-hybridized carbons (Fsp3) is 0.